The van der Waals surface area contributed by atoms with Gasteiger partial charge >= 0.3 is 12.1 Å². The van der Waals surface area contributed by atoms with Crippen molar-refractivity contribution in [2.24, 2.45) is 5.73 Å². The van der Waals surface area contributed by atoms with Gasteiger partial charge in [-0.05, 0) is 23.3 Å². The number of nitrogens with zero attached hydrogens (tertiary/aromatic N) is 1. The van der Waals surface area contributed by atoms with E-state index in [1.807, 2.05) is 42.5 Å². The molecule has 4 nitrogen and oxygen atoms in total. The SMILES string of the molecule is NC(c1ccccc1)c1ccncc1.O=C(O)C(F)(F)F. The van der Waals surface area contributed by atoms with E-state index < -0.39 is 12.1 Å². The highest BCUT2D eigenvalue weighted by Crippen LogP contribution is 2.17. The Hall–Kier alpha value is -2.41. The van der Waals surface area contributed by atoms with Gasteiger partial charge in [-0.15, -0.1) is 0 Å². The fourth-order valence-corrected chi connectivity index (χ4v) is 1.42. The highest BCUT2D eigenvalue weighted by atomic mass is 19.4. The van der Waals surface area contributed by atoms with E-state index in [4.69, 9.17) is 15.6 Å². The number of carbonyl (C=O) groups is 1. The predicted octanol–water partition coefficient (Wildman–Crippen LogP) is 2.76. The van der Waals surface area contributed by atoms with Gasteiger partial charge in [0.1, 0.15) is 0 Å². The van der Waals surface area contributed by atoms with E-state index >= 15 is 0 Å². The van der Waals surface area contributed by atoms with E-state index in [0.29, 0.717) is 0 Å². The minimum absolute atomic E-state index is 0.0563. The van der Waals surface area contributed by atoms with Crippen molar-refractivity contribution in [2.45, 2.75) is 12.2 Å². The van der Waals surface area contributed by atoms with Crippen LogP contribution in [0.25, 0.3) is 0 Å². The molecule has 7 heteroatoms. The summed E-state index contributed by atoms with van der Waals surface area (Å²) in [6, 6.07) is 13.9. The molecular weight excluding hydrogens is 285 g/mol. The normalized spacial score (nSPS) is 12.0. The second-order valence-corrected chi connectivity index (χ2v) is 3.97. The molecule has 3 N–H and O–H groups in total. The average Bonchev–Trinajstić information content (AvgIpc) is 2.48. The van der Waals surface area contributed by atoms with Crippen molar-refractivity contribution in [1.29, 1.82) is 0 Å². The molecule has 0 radical (unpaired) electrons. The summed E-state index contributed by atoms with van der Waals surface area (Å²) >= 11 is 0. The summed E-state index contributed by atoms with van der Waals surface area (Å²) in [5.74, 6) is -2.76. The maximum atomic E-state index is 10.6. The largest absolute Gasteiger partial charge is 0.490 e. The maximum Gasteiger partial charge on any atom is 0.490 e. The zero-order valence-electron chi connectivity index (χ0n) is 10.8. The Labute approximate surface area is 119 Å². The van der Waals surface area contributed by atoms with Gasteiger partial charge in [0, 0.05) is 12.4 Å². The van der Waals surface area contributed by atoms with Crippen molar-refractivity contribution >= 4 is 5.97 Å². The number of hydrogen-bond acceptors (Lipinski definition) is 3. The maximum absolute atomic E-state index is 10.6. The zero-order valence-corrected chi connectivity index (χ0v) is 10.8. The molecule has 1 aromatic carbocycles. The van der Waals surface area contributed by atoms with Gasteiger partial charge < -0.3 is 10.8 Å². The molecule has 0 fully saturated rings. The van der Waals surface area contributed by atoms with Crippen molar-refractivity contribution < 1.29 is 23.1 Å². The Balaban J connectivity index is 0.000000270. The summed E-state index contributed by atoms with van der Waals surface area (Å²) in [5, 5.41) is 7.12. The van der Waals surface area contributed by atoms with Gasteiger partial charge in [-0.3, -0.25) is 4.98 Å². The third-order valence-electron chi connectivity index (χ3n) is 2.47. The molecule has 0 amide bonds. The third-order valence-corrected chi connectivity index (χ3v) is 2.47. The molecule has 0 aliphatic rings. The van der Waals surface area contributed by atoms with Gasteiger partial charge in [-0.1, -0.05) is 30.3 Å². The lowest BCUT2D eigenvalue weighted by Crippen LogP contribution is -2.21. The molecule has 0 saturated carbocycles. The first kappa shape index (κ1) is 16.6. The molecule has 0 spiro atoms. The van der Waals surface area contributed by atoms with Crippen LogP contribution >= 0.6 is 0 Å². The Bertz CT molecular complexity index is 520. The number of rotatable bonds is 2. The quantitative estimate of drug-likeness (QED) is 0.894. The number of pyridine rings is 1. The molecule has 2 rings (SSSR count). The summed E-state index contributed by atoms with van der Waals surface area (Å²) in [4.78, 5) is 12.9. The standard InChI is InChI=1S/C12H12N2.C2HF3O2/c13-12(10-4-2-1-3-5-10)11-6-8-14-9-7-11;3-2(4,5)1(6)7/h1-9,12H,13H2;(H,6,7). The van der Waals surface area contributed by atoms with Crippen LogP contribution in [0, 0.1) is 0 Å². The summed E-state index contributed by atoms with van der Waals surface area (Å²) in [5.41, 5.74) is 8.30. The number of carboxylic acid groups (broad SMARTS) is 1. The smallest absolute Gasteiger partial charge is 0.475 e. The number of alkyl halides is 3. The summed E-state index contributed by atoms with van der Waals surface area (Å²) in [6.45, 7) is 0. The summed E-state index contributed by atoms with van der Waals surface area (Å²) < 4.78 is 31.7. The van der Waals surface area contributed by atoms with E-state index in [1.54, 1.807) is 12.4 Å². The molecule has 0 aliphatic heterocycles. The van der Waals surface area contributed by atoms with Gasteiger partial charge in [0.15, 0.2) is 0 Å². The third kappa shape index (κ3) is 5.62. The lowest BCUT2D eigenvalue weighted by molar-refractivity contribution is -0.192. The molecule has 0 bridgehead atoms. The van der Waals surface area contributed by atoms with E-state index in [9.17, 15) is 13.2 Å². The molecule has 21 heavy (non-hydrogen) atoms. The van der Waals surface area contributed by atoms with E-state index in [1.165, 1.54) is 0 Å². The number of hydrogen-bond donors (Lipinski definition) is 2. The summed E-state index contributed by atoms with van der Waals surface area (Å²) in [6.07, 6.45) is -1.56. The number of halogens is 3. The van der Waals surface area contributed by atoms with E-state index in [-0.39, 0.29) is 6.04 Å². The van der Waals surface area contributed by atoms with Crippen LogP contribution in [0.1, 0.15) is 17.2 Å². The Morgan fingerprint density at radius 3 is 1.90 bits per heavy atom. The molecule has 0 saturated heterocycles. The van der Waals surface area contributed by atoms with Crippen molar-refractivity contribution in [3.05, 3.63) is 66.0 Å². The second-order valence-electron chi connectivity index (χ2n) is 3.97. The van der Waals surface area contributed by atoms with Gasteiger partial charge in [-0.2, -0.15) is 13.2 Å². The van der Waals surface area contributed by atoms with Crippen LogP contribution in [-0.2, 0) is 4.79 Å². The Morgan fingerprint density at radius 1 is 1.05 bits per heavy atom. The van der Waals surface area contributed by atoms with Gasteiger partial charge in [0.05, 0.1) is 6.04 Å². The monoisotopic (exact) mass is 298 g/mol. The zero-order chi connectivity index (χ0) is 15.9. The lowest BCUT2D eigenvalue weighted by Gasteiger charge is -2.11. The minimum atomic E-state index is -5.08. The number of benzene rings is 1. The first-order chi connectivity index (χ1) is 9.82. The number of nitrogens with two attached hydrogens (primary N) is 1. The molecular formula is C14H13F3N2O2. The van der Waals surface area contributed by atoms with Crippen LogP contribution in [-0.4, -0.2) is 22.2 Å². The fourth-order valence-electron chi connectivity index (χ4n) is 1.42. The van der Waals surface area contributed by atoms with E-state index in [0.717, 1.165) is 11.1 Å². The van der Waals surface area contributed by atoms with E-state index in [2.05, 4.69) is 4.98 Å². The molecule has 1 unspecified atom stereocenters. The van der Waals surface area contributed by atoms with Crippen molar-refractivity contribution in [3.63, 3.8) is 0 Å². The minimum Gasteiger partial charge on any atom is -0.475 e. The average molecular weight is 298 g/mol. The van der Waals surface area contributed by atoms with Crippen molar-refractivity contribution in [3.8, 4) is 0 Å². The van der Waals surface area contributed by atoms with Crippen LogP contribution in [0.3, 0.4) is 0 Å². The van der Waals surface area contributed by atoms with Crippen LogP contribution < -0.4 is 5.73 Å². The van der Waals surface area contributed by atoms with Crippen molar-refractivity contribution in [1.82, 2.24) is 4.98 Å². The molecule has 0 aliphatic carbocycles. The first-order valence-electron chi connectivity index (χ1n) is 5.83. The summed E-state index contributed by atoms with van der Waals surface area (Å²) in [7, 11) is 0. The number of aromatic nitrogens is 1. The topological polar surface area (TPSA) is 76.2 Å². The Kier molecular flexibility index (Phi) is 5.86. The van der Waals surface area contributed by atoms with Crippen LogP contribution in [0.5, 0.6) is 0 Å². The van der Waals surface area contributed by atoms with Crippen LogP contribution in [0.15, 0.2) is 54.9 Å². The molecule has 1 heterocycles. The molecule has 112 valence electrons. The molecule has 1 atom stereocenters. The van der Waals surface area contributed by atoms with Gasteiger partial charge in [0.25, 0.3) is 0 Å². The number of aliphatic carboxylic acids is 1. The van der Waals surface area contributed by atoms with Gasteiger partial charge in [-0.25, -0.2) is 4.79 Å². The highest BCUT2D eigenvalue weighted by Gasteiger charge is 2.38. The predicted molar refractivity (Wildman–Crippen MR) is 70.4 cm³/mol. The highest BCUT2D eigenvalue weighted by molar-refractivity contribution is 5.73. The van der Waals surface area contributed by atoms with Crippen molar-refractivity contribution in [2.75, 3.05) is 0 Å². The number of carboxylic acids is 1. The van der Waals surface area contributed by atoms with Crippen LogP contribution in [0.4, 0.5) is 13.2 Å². The Morgan fingerprint density at radius 2 is 1.48 bits per heavy atom. The molecule has 1 aromatic heterocycles. The first-order valence-corrected chi connectivity index (χ1v) is 5.83. The lowest BCUT2D eigenvalue weighted by atomic mass is 10.0. The van der Waals surface area contributed by atoms with Crippen LogP contribution in [0.2, 0.25) is 0 Å². The second kappa shape index (κ2) is 7.39. The fraction of sp³-hybridized carbons (Fsp3) is 0.143. The molecule has 2 aromatic rings. The van der Waals surface area contributed by atoms with Gasteiger partial charge in [0.2, 0.25) is 0 Å².